The van der Waals surface area contributed by atoms with Gasteiger partial charge in [0.15, 0.2) is 6.23 Å². The molecule has 1 atom stereocenters. The molecule has 0 radical (unpaired) electrons. The van der Waals surface area contributed by atoms with Crippen LogP contribution in [0.3, 0.4) is 0 Å². The first-order valence-electron chi connectivity index (χ1n) is 11.9. The zero-order valence-corrected chi connectivity index (χ0v) is 19.2. The maximum absolute atomic E-state index is 13.7. The Hall–Kier alpha value is -4.74. The predicted molar refractivity (Wildman–Crippen MR) is 142 cm³/mol. The molecule has 0 spiro atoms. The van der Waals surface area contributed by atoms with E-state index < -0.39 is 6.23 Å². The fraction of sp³-hybridized carbons (Fsp3) is 0.0323. The van der Waals surface area contributed by atoms with Gasteiger partial charge in [0.05, 0.1) is 11.0 Å². The van der Waals surface area contributed by atoms with Crippen molar-refractivity contribution < 1.29 is 9.90 Å². The molecule has 1 aliphatic heterocycles. The highest BCUT2D eigenvalue weighted by atomic mass is 16.3. The number of hydrogen-bond acceptors (Lipinski definition) is 3. The fourth-order valence-electron chi connectivity index (χ4n) is 5.34. The number of anilines is 1. The second-order valence-electron chi connectivity index (χ2n) is 8.93. The summed E-state index contributed by atoms with van der Waals surface area (Å²) in [5.74, 6) is -0.332. The molecule has 0 aliphatic carbocycles. The van der Waals surface area contributed by atoms with Crippen molar-refractivity contribution >= 4 is 33.4 Å². The van der Waals surface area contributed by atoms with E-state index in [9.17, 15) is 9.90 Å². The van der Waals surface area contributed by atoms with Crippen LogP contribution in [0.25, 0.3) is 38.6 Å². The Morgan fingerprint density at radius 3 is 2.14 bits per heavy atom. The van der Waals surface area contributed by atoms with E-state index in [0.717, 1.165) is 33.1 Å². The number of nitrogens with zero attached hydrogens (tertiary/aromatic N) is 3. The second-order valence-corrected chi connectivity index (χ2v) is 8.93. The van der Waals surface area contributed by atoms with Gasteiger partial charge in [-0.1, -0.05) is 60.7 Å². The summed E-state index contributed by atoms with van der Waals surface area (Å²) in [5, 5.41) is 13.8. The van der Waals surface area contributed by atoms with Gasteiger partial charge in [-0.3, -0.25) is 14.7 Å². The minimum absolute atomic E-state index is 0.320. The normalized spacial score (nSPS) is 15.1. The third kappa shape index (κ3) is 2.93. The molecule has 36 heavy (non-hydrogen) atoms. The third-order valence-electron chi connectivity index (χ3n) is 6.93. The number of aromatic nitrogens is 2. The Morgan fingerprint density at radius 2 is 1.36 bits per heavy atom. The van der Waals surface area contributed by atoms with Gasteiger partial charge in [0.1, 0.15) is 5.69 Å². The molecule has 6 aromatic rings. The van der Waals surface area contributed by atoms with E-state index in [2.05, 4.69) is 39.9 Å². The van der Waals surface area contributed by atoms with Crippen molar-refractivity contribution in [3.63, 3.8) is 0 Å². The van der Waals surface area contributed by atoms with Crippen LogP contribution in [0.4, 0.5) is 5.69 Å². The Kier molecular flexibility index (Phi) is 4.53. The molecule has 172 valence electrons. The van der Waals surface area contributed by atoms with Crippen molar-refractivity contribution in [3.05, 3.63) is 127 Å². The lowest BCUT2D eigenvalue weighted by Gasteiger charge is -2.27. The van der Waals surface area contributed by atoms with Gasteiger partial charge in [-0.25, -0.2) is 0 Å². The summed E-state index contributed by atoms with van der Waals surface area (Å²) in [6.07, 6.45) is 0.448. The van der Waals surface area contributed by atoms with Gasteiger partial charge in [-0.05, 0) is 54.1 Å². The highest BCUT2D eigenvalue weighted by Gasteiger charge is 2.35. The van der Waals surface area contributed by atoms with Crippen LogP contribution in [-0.4, -0.2) is 20.6 Å². The Labute approximate surface area is 207 Å². The van der Waals surface area contributed by atoms with E-state index >= 15 is 0 Å². The lowest BCUT2D eigenvalue weighted by atomic mass is 9.96. The van der Waals surface area contributed by atoms with Gasteiger partial charge >= 0.3 is 0 Å². The molecule has 0 bridgehead atoms. The van der Waals surface area contributed by atoms with Crippen molar-refractivity contribution in [2.75, 3.05) is 4.90 Å². The average molecular weight is 468 g/mol. The van der Waals surface area contributed by atoms with Crippen molar-refractivity contribution in [2.24, 2.45) is 0 Å². The second kappa shape index (κ2) is 7.90. The van der Waals surface area contributed by atoms with E-state index in [-0.39, 0.29) is 5.91 Å². The van der Waals surface area contributed by atoms with Crippen molar-refractivity contribution in [2.45, 2.75) is 6.23 Å². The summed E-state index contributed by atoms with van der Waals surface area (Å²) < 4.78 is 2.23. The largest absolute Gasteiger partial charge is 0.369 e. The van der Waals surface area contributed by atoms with Crippen molar-refractivity contribution in [1.29, 1.82) is 0 Å². The maximum Gasteiger partial charge on any atom is 0.279 e. The number of pyridine rings is 1. The molecular formula is C31H21N3O2. The molecule has 0 fully saturated rings. The first kappa shape index (κ1) is 20.6. The highest BCUT2D eigenvalue weighted by Crippen LogP contribution is 2.43. The topological polar surface area (TPSA) is 58.4 Å². The number of para-hydroxylation sites is 3. The molecular weight excluding hydrogens is 446 g/mol. The molecule has 0 saturated carbocycles. The maximum atomic E-state index is 13.7. The lowest BCUT2D eigenvalue weighted by Crippen LogP contribution is -2.34. The number of rotatable bonds is 2. The molecule has 4 aromatic carbocycles. The molecule has 1 N–H and O–H groups in total. The van der Waals surface area contributed by atoms with Gasteiger partial charge in [-0.2, -0.15) is 0 Å². The minimum atomic E-state index is -1.17. The molecule has 2 aromatic heterocycles. The van der Waals surface area contributed by atoms with Gasteiger partial charge in [0, 0.05) is 39.5 Å². The van der Waals surface area contributed by atoms with Crippen molar-refractivity contribution in [3.8, 4) is 16.8 Å². The molecule has 0 saturated heterocycles. The SMILES string of the molecule is O=C1c2ncccc2-c2cc3c(cc2C(O)N1c1ccccc1)c1ccccc1n3-c1ccccc1. The average Bonchev–Trinajstić information content (AvgIpc) is 3.22. The van der Waals surface area contributed by atoms with Gasteiger partial charge in [0.25, 0.3) is 5.91 Å². The van der Waals surface area contributed by atoms with Crippen LogP contribution in [0.1, 0.15) is 22.3 Å². The first-order chi connectivity index (χ1) is 17.7. The molecule has 1 amide bonds. The number of hydrogen-bond donors (Lipinski definition) is 1. The molecule has 5 nitrogen and oxygen atoms in total. The summed E-state index contributed by atoms with van der Waals surface area (Å²) in [6, 6.07) is 35.6. The molecule has 1 aliphatic rings. The number of aliphatic hydroxyl groups is 1. The monoisotopic (exact) mass is 467 g/mol. The van der Waals surface area contributed by atoms with Gasteiger partial charge in [0.2, 0.25) is 0 Å². The number of benzene rings is 4. The molecule has 1 unspecified atom stereocenters. The lowest BCUT2D eigenvalue weighted by molar-refractivity contribution is 0.0887. The van der Waals surface area contributed by atoms with E-state index in [0.29, 0.717) is 22.5 Å². The van der Waals surface area contributed by atoms with E-state index in [1.54, 1.807) is 6.20 Å². The zero-order valence-electron chi connectivity index (χ0n) is 19.2. The smallest absolute Gasteiger partial charge is 0.279 e. The molecule has 5 heteroatoms. The van der Waals surface area contributed by atoms with E-state index in [1.165, 1.54) is 4.90 Å². The van der Waals surface area contributed by atoms with Crippen molar-refractivity contribution in [1.82, 2.24) is 9.55 Å². The van der Waals surface area contributed by atoms with Crippen LogP contribution < -0.4 is 4.90 Å². The quantitative estimate of drug-likeness (QED) is 0.316. The Morgan fingerprint density at radius 1 is 0.667 bits per heavy atom. The Balaban J connectivity index is 1.60. The summed E-state index contributed by atoms with van der Waals surface area (Å²) in [6.45, 7) is 0. The van der Waals surface area contributed by atoms with E-state index in [4.69, 9.17) is 0 Å². The number of carbonyl (C=O) groups is 1. The van der Waals surface area contributed by atoms with Crippen LogP contribution >= 0.6 is 0 Å². The summed E-state index contributed by atoms with van der Waals surface area (Å²) in [4.78, 5) is 19.6. The first-order valence-corrected chi connectivity index (χ1v) is 11.9. The van der Waals surface area contributed by atoms with Gasteiger partial charge in [-0.15, -0.1) is 0 Å². The number of amides is 1. The molecule has 7 rings (SSSR count). The van der Waals surface area contributed by atoms with Gasteiger partial charge < -0.3 is 9.67 Å². The van der Waals surface area contributed by atoms with Crippen LogP contribution in [0.2, 0.25) is 0 Å². The predicted octanol–water partition coefficient (Wildman–Crippen LogP) is 6.50. The van der Waals surface area contributed by atoms with Crippen LogP contribution in [0.15, 0.2) is 115 Å². The van der Waals surface area contributed by atoms with Crippen LogP contribution in [-0.2, 0) is 0 Å². The van der Waals surface area contributed by atoms with E-state index in [1.807, 2.05) is 78.9 Å². The standard InChI is InChI=1S/C31H21N3O2/c35-30-26-18-25-22-14-7-8-16-27(22)33(20-10-3-1-4-11-20)28(25)19-24(26)23-15-9-17-32-29(23)31(36)34(30)21-12-5-2-6-13-21/h1-19,30,35H. The minimum Gasteiger partial charge on any atom is -0.369 e. The summed E-state index contributed by atoms with van der Waals surface area (Å²) in [7, 11) is 0. The highest BCUT2D eigenvalue weighted by molar-refractivity contribution is 6.14. The van der Waals surface area contributed by atoms with Crippen LogP contribution in [0, 0.1) is 0 Å². The fourth-order valence-corrected chi connectivity index (χ4v) is 5.34. The summed E-state index contributed by atoms with van der Waals surface area (Å²) >= 11 is 0. The third-order valence-corrected chi connectivity index (χ3v) is 6.93. The number of aliphatic hydroxyl groups excluding tert-OH is 1. The zero-order chi connectivity index (χ0) is 24.2. The number of fused-ring (bicyclic) bond motifs is 6. The Bertz CT molecular complexity index is 1770. The van der Waals surface area contributed by atoms with Crippen LogP contribution in [0.5, 0.6) is 0 Å². The molecule has 3 heterocycles. The number of carbonyl (C=O) groups excluding carboxylic acids is 1. The summed E-state index contributed by atoms with van der Waals surface area (Å²) in [5.41, 5.74) is 6.24.